The van der Waals surface area contributed by atoms with Crippen molar-refractivity contribution in [2.75, 3.05) is 18.6 Å². The maximum absolute atomic E-state index is 13.5. The zero-order valence-electron chi connectivity index (χ0n) is 11.2. The predicted molar refractivity (Wildman–Crippen MR) is 76.5 cm³/mol. The number of thioether (sulfide) groups is 1. The molecule has 2 unspecified atom stereocenters. The van der Waals surface area contributed by atoms with Crippen LogP contribution in [0.25, 0.3) is 0 Å². The number of rotatable bonds is 7. The Kier molecular flexibility index (Phi) is 6.85. The first-order valence-electron chi connectivity index (χ1n) is 6.17. The van der Waals surface area contributed by atoms with Gasteiger partial charge in [-0.3, -0.25) is 0 Å². The molecule has 3 nitrogen and oxygen atoms in total. The molecule has 0 heterocycles. The van der Waals surface area contributed by atoms with Crippen LogP contribution in [0.4, 0.5) is 4.39 Å². The second-order valence-electron chi connectivity index (χ2n) is 4.40. The smallest absolute Gasteiger partial charge is 0.141 e. The molecular weight excluding hydrogens is 263 g/mol. The van der Waals surface area contributed by atoms with Crippen LogP contribution >= 0.6 is 11.8 Å². The summed E-state index contributed by atoms with van der Waals surface area (Å²) in [5.74, 6) is 0.404. The standard InChI is InChI=1S/C14H19FN2OS/c1-10(17-13(5-6-18)9-19-2)11-3-4-12(8-16)14(15)7-11/h3-4,7,10,13,17-18H,5-6,9H2,1-2H3. The SMILES string of the molecule is CSCC(CCO)NC(C)c1ccc(C#N)c(F)c1. The number of aliphatic hydroxyl groups is 1. The molecule has 0 aliphatic carbocycles. The fraction of sp³-hybridized carbons (Fsp3) is 0.500. The van der Waals surface area contributed by atoms with E-state index in [1.807, 2.05) is 19.2 Å². The van der Waals surface area contributed by atoms with Crippen LogP contribution in [0.5, 0.6) is 0 Å². The number of benzene rings is 1. The van der Waals surface area contributed by atoms with Crippen LogP contribution in [-0.4, -0.2) is 29.8 Å². The summed E-state index contributed by atoms with van der Waals surface area (Å²) in [6, 6.07) is 6.63. The summed E-state index contributed by atoms with van der Waals surface area (Å²) in [6.45, 7) is 2.08. The van der Waals surface area contributed by atoms with Gasteiger partial charge in [-0.15, -0.1) is 0 Å². The zero-order chi connectivity index (χ0) is 14.3. The van der Waals surface area contributed by atoms with Crippen LogP contribution in [0.3, 0.4) is 0 Å². The molecule has 0 saturated heterocycles. The molecule has 0 radical (unpaired) electrons. The van der Waals surface area contributed by atoms with Crippen LogP contribution in [0.2, 0.25) is 0 Å². The maximum atomic E-state index is 13.5. The Morgan fingerprint density at radius 1 is 1.53 bits per heavy atom. The van der Waals surface area contributed by atoms with E-state index in [4.69, 9.17) is 10.4 Å². The van der Waals surface area contributed by atoms with Crippen LogP contribution in [0.15, 0.2) is 18.2 Å². The van der Waals surface area contributed by atoms with Gasteiger partial charge in [0, 0.05) is 24.4 Å². The highest BCUT2D eigenvalue weighted by atomic mass is 32.2. The van der Waals surface area contributed by atoms with Crippen molar-refractivity contribution in [3.63, 3.8) is 0 Å². The molecule has 0 fully saturated rings. The van der Waals surface area contributed by atoms with Crippen molar-refractivity contribution in [1.29, 1.82) is 5.26 Å². The van der Waals surface area contributed by atoms with Crippen LogP contribution in [0, 0.1) is 17.1 Å². The number of hydrogen-bond donors (Lipinski definition) is 2. The number of nitrogens with one attached hydrogen (secondary N) is 1. The Hall–Kier alpha value is -1.09. The lowest BCUT2D eigenvalue weighted by Crippen LogP contribution is -2.34. The van der Waals surface area contributed by atoms with E-state index in [2.05, 4.69) is 5.32 Å². The van der Waals surface area contributed by atoms with E-state index in [-0.39, 0.29) is 24.3 Å². The minimum absolute atomic E-state index is 0.0223. The largest absolute Gasteiger partial charge is 0.396 e. The number of halogens is 1. The molecule has 0 aliphatic heterocycles. The van der Waals surface area contributed by atoms with E-state index < -0.39 is 5.82 Å². The summed E-state index contributed by atoms with van der Waals surface area (Å²) in [5, 5.41) is 21.1. The molecule has 1 rings (SSSR count). The molecule has 0 aliphatic rings. The van der Waals surface area contributed by atoms with Crippen molar-refractivity contribution in [3.05, 3.63) is 35.1 Å². The molecule has 0 amide bonds. The third-order valence-corrected chi connectivity index (χ3v) is 3.68. The van der Waals surface area contributed by atoms with Gasteiger partial charge in [0.05, 0.1) is 5.56 Å². The van der Waals surface area contributed by atoms with E-state index in [0.29, 0.717) is 6.42 Å². The normalized spacial score (nSPS) is 13.8. The molecular formula is C14H19FN2OS. The third kappa shape index (κ3) is 4.83. The van der Waals surface area contributed by atoms with Gasteiger partial charge in [0.1, 0.15) is 11.9 Å². The topological polar surface area (TPSA) is 56.0 Å². The number of nitrogens with zero attached hydrogens (tertiary/aromatic N) is 1. The number of hydrogen-bond acceptors (Lipinski definition) is 4. The number of nitriles is 1. The van der Waals surface area contributed by atoms with E-state index in [1.54, 1.807) is 17.8 Å². The molecule has 1 aromatic carbocycles. The van der Waals surface area contributed by atoms with Gasteiger partial charge in [-0.25, -0.2) is 4.39 Å². The van der Waals surface area contributed by atoms with Crippen LogP contribution in [-0.2, 0) is 0 Å². The highest BCUT2D eigenvalue weighted by Gasteiger charge is 2.14. The summed E-state index contributed by atoms with van der Waals surface area (Å²) in [6.07, 6.45) is 2.68. The molecule has 0 spiro atoms. The van der Waals surface area contributed by atoms with Gasteiger partial charge in [-0.1, -0.05) is 6.07 Å². The highest BCUT2D eigenvalue weighted by Crippen LogP contribution is 2.18. The Labute approximate surface area is 117 Å². The second kappa shape index (κ2) is 8.16. The lowest BCUT2D eigenvalue weighted by molar-refractivity contribution is 0.265. The first kappa shape index (κ1) is 16.0. The lowest BCUT2D eigenvalue weighted by Gasteiger charge is -2.22. The summed E-state index contributed by atoms with van der Waals surface area (Å²) >= 11 is 1.71. The minimum Gasteiger partial charge on any atom is -0.396 e. The number of aliphatic hydroxyl groups excluding tert-OH is 1. The second-order valence-corrected chi connectivity index (χ2v) is 5.31. The monoisotopic (exact) mass is 282 g/mol. The summed E-state index contributed by atoms with van der Waals surface area (Å²) < 4.78 is 13.5. The van der Waals surface area contributed by atoms with E-state index in [9.17, 15) is 4.39 Å². The molecule has 0 bridgehead atoms. The Morgan fingerprint density at radius 3 is 2.79 bits per heavy atom. The fourth-order valence-corrected chi connectivity index (χ4v) is 2.58. The highest BCUT2D eigenvalue weighted by molar-refractivity contribution is 7.98. The lowest BCUT2D eigenvalue weighted by atomic mass is 10.0. The van der Waals surface area contributed by atoms with Gasteiger partial charge in [0.15, 0.2) is 0 Å². The average molecular weight is 282 g/mol. The van der Waals surface area contributed by atoms with Gasteiger partial charge in [0.25, 0.3) is 0 Å². The van der Waals surface area contributed by atoms with Gasteiger partial charge >= 0.3 is 0 Å². The van der Waals surface area contributed by atoms with Crippen molar-refractivity contribution in [3.8, 4) is 6.07 Å². The first-order valence-corrected chi connectivity index (χ1v) is 7.57. The van der Waals surface area contributed by atoms with Crippen molar-refractivity contribution in [1.82, 2.24) is 5.32 Å². The molecule has 104 valence electrons. The van der Waals surface area contributed by atoms with Crippen LogP contribution in [0.1, 0.15) is 30.5 Å². The van der Waals surface area contributed by atoms with Gasteiger partial charge in [-0.05, 0) is 37.3 Å². The van der Waals surface area contributed by atoms with Crippen LogP contribution < -0.4 is 5.32 Å². The van der Waals surface area contributed by atoms with E-state index >= 15 is 0 Å². The van der Waals surface area contributed by atoms with Crippen molar-refractivity contribution < 1.29 is 9.50 Å². The summed E-state index contributed by atoms with van der Waals surface area (Å²) in [4.78, 5) is 0. The molecule has 1 aromatic rings. The predicted octanol–water partition coefficient (Wildman–Crippen LogP) is 2.46. The molecule has 5 heteroatoms. The quantitative estimate of drug-likeness (QED) is 0.806. The van der Waals surface area contributed by atoms with Gasteiger partial charge in [0.2, 0.25) is 0 Å². The molecule has 0 aromatic heterocycles. The Bertz CT molecular complexity index is 442. The van der Waals surface area contributed by atoms with Crippen molar-refractivity contribution in [2.24, 2.45) is 0 Å². The van der Waals surface area contributed by atoms with Gasteiger partial charge in [-0.2, -0.15) is 17.0 Å². The minimum atomic E-state index is -0.489. The summed E-state index contributed by atoms with van der Waals surface area (Å²) in [7, 11) is 0. The van der Waals surface area contributed by atoms with Gasteiger partial charge < -0.3 is 10.4 Å². The Morgan fingerprint density at radius 2 is 2.26 bits per heavy atom. The fourth-order valence-electron chi connectivity index (χ4n) is 1.91. The molecule has 2 atom stereocenters. The molecule has 0 saturated carbocycles. The first-order chi connectivity index (χ1) is 9.12. The summed E-state index contributed by atoms with van der Waals surface area (Å²) in [5.41, 5.74) is 0.868. The van der Waals surface area contributed by atoms with Crippen molar-refractivity contribution >= 4 is 11.8 Å². The average Bonchev–Trinajstić information content (AvgIpc) is 2.39. The van der Waals surface area contributed by atoms with E-state index in [0.717, 1.165) is 11.3 Å². The maximum Gasteiger partial charge on any atom is 0.141 e. The zero-order valence-corrected chi connectivity index (χ0v) is 12.0. The Balaban J connectivity index is 2.73. The van der Waals surface area contributed by atoms with E-state index in [1.165, 1.54) is 12.1 Å². The third-order valence-electron chi connectivity index (χ3n) is 2.94. The molecule has 2 N–H and O–H groups in total. The molecule has 19 heavy (non-hydrogen) atoms. The van der Waals surface area contributed by atoms with Crippen molar-refractivity contribution in [2.45, 2.75) is 25.4 Å².